The fourth-order valence-corrected chi connectivity index (χ4v) is 2.13. The van der Waals surface area contributed by atoms with Crippen LogP contribution in [0.2, 0.25) is 0 Å². The Hall–Kier alpha value is -0.0800. The van der Waals surface area contributed by atoms with Gasteiger partial charge in [0.05, 0.1) is 0 Å². The lowest BCUT2D eigenvalue weighted by Crippen LogP contribution is -2.23. The van der Waals surface area contributed by atoms with Crippen molar-refractivity contribution in [3.63, 3.8) is 0 Å². The third-order valence-electron chi connectivity index (χ3n) is 3.30. The van der Waals surface area contributed by atoms with Crippen molar-refractivity contribution < 1.29 is 0 Å². The van der Waals surface area contributed by atoms with Gasteiger partial charge in [0.15, 0.2) is 0 Å². The van der Waals surface area contributed by atoms with E-state index in [1.807, 2.05) is 7.05 Å². The van der Waals surface area contributed by atoms with Crippen LogP contribution in [0, 0.1) is 5.92 Å². The molecule has 0 heterocycles. The zero-order valence-electron chi connectivity index (χ0n) is 12.5. The van der Waals surface area contributed by atoms with Crippen LogP contribution in [-0.2, 0) is 0 Å². The van der Waals surface area contributed by atoms with E-state index in [0.717, 1.165) is 5.92 Å². The molecule has 2 N–H and O–H groups in total. The van der Waals surface area contributed by atoms with Gasteiger partial charge in [-0.25, -0.2) is 0 Å². The quantitative estimate of drug-likeness (QED) is 0.511. The SMILES string of the molecule is CNCCCC(C)CCCCCCNC(C)C. The number of rotatable bonds is 12. The van der Waals surface area contributed by atoms with Crippen molar-refractivity contribution in [2.75, 3.05) is 20.1 Å². The molecule has 0 aliphatic heterocycles. The average Bonchev–Trinajstić information content (AvgIpc) is 2.28. The van der Waals surface area contributed by atoms with Gasteiger partial charge in [-0.2, -0.15) is 0 Å². The standard InChI is InChI=1S/C15H34N2/c1-14(2)17-13-8-6-5-7-10-15(3)11-9-12-16-4/h14-17H,5-13H2,1-4H3. The topological polar surface area (TPSA) is 24.1 Å². The third kappa shape index (κ3) is 13.9. The minimum Gasteiger partial charge on any atom is -0.320 e. The molecule has 0 aliphatic carbocycles. The summed E-state index contributed by atoms with van der Waals surface area (Å²) in [5.41, 5.74) is 0. The van der Waals surface area contributed by atoms with Gasteiger partial charge in [-0.1, -0.05) is 46.5 Å². The molecule has 2 nitrogen and oxygen atoms in total. The van der Waals surface area contributed by atoms with E-state index in [2.05, 4.69) is 31.4 Å². The van der Waals surface area contributed by atoms with Crippen molar-refractivity contribution in [2.45, 2.75) is 71.8 Å². The Bertz CT molecular complexity index is 146. The van der Waals surface area contributed by atoms with Crippen LogP contribution in [0.5, 0.6) is 0 Å². The van der Waals surface area contributed by atoms with Crippen LogP contribution < -0.4 is 10.6 Å². The third-order valence-corrected chi connectivity index (χ3v) is 3.30. The van der Waals surface area contributed by atoms with Crippen LogP contribution in [0.25, 0.3) is 0 Å². The molecule has 2 heteroatoms. The highest BCUT2D eigenvalue weighted by Gasteiger charge is 2.01. The first-order valence-electron chi connectivity index (χ1n) is 7.54. The van der Waals surface area contributed by atoms with Crippen LogP contribution in [0.1, 0.15) is 65.7 Å². The van der Waals surface area contributed by atoms with Crippen molar-refractivity contribution in [1.29, 1.82) is 0 Å². The van der Waals surface area contributed by atoms with Crippen molar-refractivity contribution in [3.8, 4) is 0 Å². The molecule has 0 radical (unpaired) electrons. The van der Waals surface area contributed by atoms with Crippen molar-refractivity contribution in [1.82, 2.24) is 10.6 Å². The minimum atomic E-state index is 0.641. The van der Waals surface area contributed by atoms with Gasteiger partial charge < -0.3 is 10.6 Å². The van der Waals surface area contributed by atoms with E-state index in [1.54, 1.807) is 0 Å². The lowest BCUT2D eigenvalue weighted by molar-refractivity contribution is 0.439. The van der Waals surface area contributed by atoms with Crippen molar-refractivity contribution in [2.24, 2.45) is 5.92 Å². The highest BCUT2D eigenvalue weighted by atomic mass is 14.9. The molecule has 0 aromatic rings. The van der Waals surface area contributed by atoms with Gasteiger partial charge in [0, 0.05) is 6.04 Å². The molecule has 0 amide bonds. The molecule has 0 spiro atoms. The molecule has 0 saturated heterocycles. The molecule has 1 unspecified atom stereocenters. The number of hydrogen-bond donors (Lipinski definition) is 2. The molecule has 0 saturated carbocycles. The summed E-state index contributed by atoms with van der Waals surface area (Å²) >= 11 is 0. The molecule has 0 fully saturated rings. The molecule has 0 rings (SSSR count). The van der Waals surface area contributed by atoms with Crippen molar-refractivity contribution in [3.05, 3.63) is 0 Å². The van der Waals surface area contributed by atoms with Crippen LogP contribution >= 0.6 is 0 Å². The molecule has 0 bridgehead atoms. The fourth-order valence-electron chi connectivity index (χ4n) is 2.13. The Morgan fingerprint density at radius 2 is 1.41 bits per heavy atom. The maximum atomic E-state index is 3.47. The Kier molecular flexibility index (Phi) is 12.3. The molecular weight excluding hydrogens is 208 g/mol. The lowest BCUT2D eigenvalue weighted by Gasteiger charge is -2.11. The van der Waals surface area contributed by atoms with E-state index in [-0.39, 0.29) is 0 Å². The fraction of sp³-hybridized carbons (Fsp3) is 1.00. The van der Waals surface area contributed by atoms with Crippen LogP contribution in [0.15, 0.2) is 0 Å². The van der Waals surface area contributed by atoms with E-state index in [1.165, 1.54) is 58.0 Å². The van der Waals surface area contributed by atoms with Crippen LogP contribution in [0.4, 0.5) is 0 Å². The summed E-state index contributed by atoms with van der Waals surface area (Å²) in [5, 5.41) is 6.69. The predicted molar refractivity (Wildman–Crippen MR) is 78.5 cm³/mol. The van der Waals surface area contributed by atoms with E-state index in [4.69, 9.17) is 0 Å². The van der Waals surface area contributed by atoms with Gasteiger partial charge in [-0.05, 0) is 45.3 Å². The second-order valence-corrected chi connectivity index (χ2v) is 5.66. The van der Waals surface area contributed by atoms with E-state index < -0.39 is 0 Å². The van der Waals surface area contributed by atoms with Gasteiger partial charge in [-0.15, -0.1) is 0 Å². The van der Waals surface area contributed by atoms with Crippen LogP contribution in [0.3, 0.4) is 0 Å². The second kappa shape index (κ2) is 12.4. The Morgan fingerprint density at radius 3 is 2.06 bits per heavy atom. The summed E-state index contributed by atoms with van der Waals surface area (Å²) in [6, 6.07) is 0.641. The number of hydrogen-bond acceptors (Lipinski definition) is 2. The number of nitrogens with one attached hydrogen (secondary N) is 2. The summed E-state index contributed by atoms with van der Waals surface area (Å²) in [5.74, 6) is 0.914. The molecular formula is C15H34N2. The van der Waals surface area contributed by atoms with Gasteiger partial charge in [0.25, 0.3) is 0 Å². The largest absolute Gasteiger partial charge is 0.320 e. The molecule has 1 atom stereocenters. The first kappa shape index (κ1) is 16.9. The van der Waals surface area contributed by atoms with Gasteiger partial charge in [-0.3, -0.25) is 0 Å². The molecule has 0 aromatic carbocycles. The highest BCUT2D eigenvalue weighted by Crippen LogP contribution is 2.14. The maximum Gasteiger partial charge on any atom is 0.00103 e. The summed E-state index contributed by atoms with van der Waals surface area (Å²) in [4.78, 5) is 0. The Morgan fingerprint density at radius 1 is 0.765 bits per heavy atom. The predicted octanol–water partition coefficient (Wildman–Crippen LogP) is 3.57. The lowest BCUT2D eigenvalue weighted by atomic mass is 9.98. The Balaban J connectivity index is 3.11. The molecule has 104 valence electrons. The summed E-state index contributed by atoms with van der Waals surface area (Å²) in [6.07, 6.45) is 9.70. The first-order valence-corrected chi connectivity index (χ1v) is 7.54. The summed E-state index contributed by atoms with van der Waals surface area (Å²) in [6.45, 7) is 9.19. The summed E-state index contributed by atoms with van der Waals surface area (Å²) < 4.78 is 0. The van der Waals surface area contributed by atoms with E-state index >= 15 is 0 Å². The summed E-state index contributed by atoms with van der Waals surface area (Å²) in [7, 11) is 2.04. The maximum absolute atomic E-state index is 3.47. The van der Waals surface area contributed by atoms with E-state index in [9.17, 15) is 0 Å². The van der Waals surface area contributed by atoms with Crippen molar-refractivity contribution >= 4 is 0 Å². The molecule has 0 aromatic heterocycles. The van der Waals surface area contributed by atoms with Gasteiger partial charge in [0.2, 0.25) is 0 Å². The molecule has 17 heavy (non-hydrogen) atoms. The molecule has 0 aliphatic rings. The van der Waals surface area contributed by atoms with Crippen LogP contribution in [-0.4, -0.2) is 26.2 Å². The second-order valence-electron chi connectivity index (χ2n) is 5.66. The minimum absolute atomic E-state index is 0.641. The average molecular weight is 242 g/mol. The first-order chi connectivity index (χ1) is 8.16. The zero-order valence-corrected chi connectivity index (χ0v) is 12.5. The zero-order chi connectivity index (χ0) is 12.9. The smallest absolute Gasteiger partial charge is 0.00103 e. The van der Waals surface area contributed by atoms with E-state index in [0.29, 0.717) is 6.04 Å². The van der Waals surface area contributed by atoms with Gasteiger partial charge in [0.1, 0.15) is 0 Å². The van der Waals surface area contributed by atoms with Gasteiger partial charge >= 0.3 is 0 Å². The normalized spacial score (nSPS) is 13.2. The number of unbranched alkanes of at least 4 members (excludes halogenated alkanes) is 3. The highest BCUT2D eigenvalue weighted by molar-refractivity contribution is 4.57. The Labute approximate surface area is 109 Å². The monoisotopic (exact) mass is 242 g/mol.